The molecule has 2 rings (SSSR count). The smallest absolute Gasteiger partial charge is 0.307 e. The topological polar surface area (TPSA) is 57.6 Å². The van der Waals surface area contributed by atoms with Crippen LogP contribution >= 0.6 is 0 Å². The number of hydrogen-bond acceptors (Lipinski definition) is 2. The molecule has 4 nitrogen and oxygen atoms in total. The first-order chi connectivity index (χ1) is 7.96. The lowest BCUT2D eigenvalue weighted by atomic mass is 10.1. The number of aliphatic carboxylic acids is 1. The van der Waals surface area contributed by atoms with Crippen molar-refractivity contribution in [1.29, 1.82) is 0 Å². The fourth-order valence-electron chi connectivity index (χ4n) is 3.05. The van der Waals surface area contributed by atoms with Gasteiger partial charge in [-0.15, -0.1) is 0 Å². The van der Waals surface area contributed by atoms with Gasteiger partial charge in [-0.05, 0) is 18.3 Å². The maximum Gasteiger partial charge on any atom is 0.307 e. The van der Waals surface area contributed by atoms with Gasteiger partial charge in [-0.25, -0.2) is 0 Å². The third-order valence-corrected chi connectivity index (χ3v) is 4.28. The van der Waals surface area contributed by atoms with Gasteiger partial charge in [0.2, 0.25) is 5.91 Å². The van der Waals surface area contributed by atoms with Gasteiger partial charge in [-0.2, -0.15) is 0 Å². The van der Waals surface area contributed by atoms with E-state index in [1.165, 1.54) is 12.8 Å². The van der Waals surface area contributed by atoms with Crippen LogP contribution in [0.2, 0.25) is 0 Å². The van der Waals surface area contributed by atoms with E-state index in [1.54, 1.807) is 0 Å². The van der Waals surface area contributed by atoms with E-state index in [-0.39, 0.29) is 17.2 Å². The van der Waals surface area contributed by atoms with Crippen LogP contribution in [0.25, 0.3) is 0 Å². The highest BCUT2D eigenvalue weighted by molar-refractivity contribution is 5.91. The SMILES string of the molecule is CC1(C)[C@H](C(=O)O)[C@@H]1C(=O)N1CCCCCC1. The van der Waals surface area contributed by atoms with Crippen LogP contribution in [0.4, 0.5) is 0 Å². The van der Waals surface area contributed by atoms with E-state index < -0.39 is 11.9 Å². The molecule has 1 aliphatic heterocycles. The van der Waals surface area contributed by atoms with Gasteiger partial charge in [0, 0.05) is 13.1 Å². The minimum absolute atomic E-state index is 0.0595. The third-order valence-electron chi connectivity index (χ3n) is 4.28. The summed E-state index contributed by atoms with van der Waals surface area (Å²) in [5, 5.41) is 9.09. The maximum absolute atomic E-state index is 12.3. The van der Waals surface area contributed by atoms with Crippen LogP contribution in [0, 0.1) is 17.3 Å². The summed E-state index contributed by atoms with van der Waals surface area (Å²) in [4.78, 5) is 25.3. The first-order valence-electron chi connectivity index (χ1n) is 6.48. The minimum atomic E-state index is -0.830. The summed E-state index contributed by atoms with van der Waals surface area (Å²) in [6.07, 6.45) is 4.47. The Morgan fingerprint density at radius 3 is 2.00 bits per heavy atom. The normalized spacial score (nSPS) is 31.8. The van der Waals surface area contributed by atoms with E-state index in [2.05, 4.69) is 0 Å². The van der Waals surface area contributed by atoms with Gasteiger partial charge in [0.05, 0.1) is 11.8 Å². The van der Waals surface area contributed by atoms with E-state index in [1.807, 2.05) is 18.7 Å². The summed E-state index contributed by atoms with van der Waals surface area (Å²) in [5.74, 6) is -1.57. The molecule has 0 aromatic carbocycles. The molecular weight excluding hydrogens is 218 g/mol. The lowest BCUT2D eigenvalue weighted by Gasteiger charge is -2.21. The van der Waals surface area contributed by atoms with Crippen molar-refractivity contribution in [1.82, 2.24) is 4.90 Å². The number of amides is 1. The fraction of sp³-hybridized carbons (Fsp3) is 0.846. The molecule has 2 aliphatic rings. The number of nitrogens with zero attached hydrogens (tertiary/aromatic N) is 1. The molecule has 1 aliphatic carbocycles. The van der Waals surface area contributed by atoms with Crippen molar-refractivity contribution >= 4 is 11.9 Å². The number of carboxylic acid groups (broad SMARTS) is 1. The Hall–Kier alpha value is -1.06. The van der Waals surface area contributed by atoms with E-state index in [0.29, 0.717) is 0 Å². The summed E-state index contributed by atoms with van der Waals surface area (Å²) < 4.78 is 0. The standard InChI is InChI=1S/C13H21NO3/c1-13(2)9(10(13)12(16)17)11(15)14-7-5-3-4-6-8-14/h9-10H,3-8H2,1-2H3,(H,16,17)/t9-,10+/m1/s1. The molecule has 2 atom stereocenters. The van der Waals surface area contributed by atoms with Crippen molar-refractivity contribution in [2.24, 2.45) is 17.3 Å². The van der Waals surface area contributed by atoms with Crippen molar-refractivity contribution in [2.45, 2.75) is 39.5 Å². The van der Waals surface area contributed by atoms with Gasteiger partial charge >= 0.3 is 5.97 Å². The predicted octanol–water partition coefficient (Wildman–Crippen LogP) is 1.75. The summed E-state index contributed by atoms with van der Waals surface area (Å²) in [6.45, 7) is 5.37. The molecule has 1 saturated carbocycles. The van der Waals surface area contributed by atoms with Crippen molar-refractivity contribution < 1.29 is 14.7 Å². The Morgan fingerprint density at radius 1 is 1.06 bits per heavy atom. The van der Waals surface area contributed by atoms with Crippen LogP contribution in [-0.4, -0.2) is 35.0 Å². The zero-order valence-corrected chi connectivity index (χ0v) is 10.6. The van der Waals surface area contributed by atoms with Crippen molar-refractivity contribution in [3.8, 4) is 0 Å². The Balaban J connectivity index is 2.03. The van der Waals surface area contributed by atoms with Crippen molar-refractivity contribution in [3.05, 3.63) is 0 Å². The molecule has 2 fully saturated rings. The summed E-state index contributed by atoms with van der Waals surface area (Å²) >= 11 is 0. The quantitative estimate of drug-likeness (QED) is 0.798. The third kappa shape index (κ3) is 2.17. The average Bonchev–Trinajstić information content (AvgIpc) is 2.90. The Morgan fingerprint density at radius 2 is 1.59 bits per heavy atom. The maximum atomic E-state index is 12.3. The van der Waals surface area contributed by atoms with Gasteiger partial charge in [-0.3, -0.25) is 9.59 Å². The average molecular weight is 239 g/mol. The van der Waals surface area contributed by atoms with Crippen LogP contribution in [0.15, 0.2) is 0 Å². The number of carbonyl (C=O) groups is 2. The Bertz CT molecular complexity index is 330. The molecule has 0 spiro atoms. The number of rotatable bonds is 2. The summed E-state index contributed by atoms with van der Waals surface area (Å²) in [5.41, 5.74) is -0.366. The second-order valence-corrected chi connectivity index (χ2v) is 5.85. The van der Waals surface area contributed by atoms with E-state index in [4.69, 9.17) is 5.11 Å². The number of carboxylic acids is 1. The molecule has 1 amide bonds. The highest BCUT2D eigenvalue weighted by Crippen LogP contribution is 2.59. The molecule has 17 heavy (non-hydrogen) atoms. The molecule has 4 heteroatoms. The number of likely N-dealkylation sites (tertiary alicyclic amines) is 1. The number of carbonyl (C=O) groups excluding carboxylic acids is 1. The highest BCUT2D eigenvalue weighted by Gasteiger charge is 2.66. The first-order valence-corrected chi connectivity index (χ1v) is 6.48. The molecule has 0 unspecified atom stereocenters. The van der Waals surface area contributed by atoms with Gasteiger partial charge < -0.3 is 10.0 Å². The molecule has 0 bridgehead atoms. The lowest BCUT2D eigenvalue weighted by Crippen LogP contribution is -2.34. The van der Waals surface area contributed by atoms with Gasteiger partial charge in [-0.1, -0.05) is 26.7 Å². The molecule has 0 aromatic rings. The molecule has 0 aromatic heterocycles. The van der Waals surface area contributed by atoms with Crippen LogP contribution in [-0.2, 0) is 9.59 Å². The van der Waals surface area contributed by atoms with E-state index in [9.17, 15) is 9.59 Å². The zero-order valence-electron chi connectivity index (χ0n) is 10.6. The molecule has 0 radical (unpaired) electrons. The largest absolute Gasteiger partial charge is 0.481 e. The van der Waals surface area contributed by atoms with E-state index in [0.717, 1.165) is 25.9 Å². The fourth-order valence-corrected chi connectivity index (χ4v) is 3.05. The monoisotopic (exact) mass is 239 g/mol. The molecule has 1 saturated heterocycles. The first kappa shape index (κ1) is 12.4. The minimum Gasteiger partial charge on any atom is -0.481 e. The summed E-state index contributed by atoms with van der Waals surface area (Å²) in [6, 6.07) is 0. The Labute approximate surface area is 102 Å². The Kier molecular flexibility index (Phi) is 3.15. The van der Waals surface area contributed by atoms with Crippen LogP contribution in [0.3, 0.4) is 0 Å². The molecule has 1 N–H and O–H groups in total. The molecule has 96 valence electrons. The highest BCUT2D eigenvalue weighted by atomic mass is 16.4. The van der Waals surface area contributed by atoms with Crippen LogP contribution in [0.5, 0.6) is 0 Å². The predicted molar refractivity (Wildman–Crippen MR) is 63.4 cm³/mol. The second-order valence-electron chi connectivity index (χ2n) is 5.85. The lowest BCUT2D eigenvalue weighted by molar-refractivity contribution is -0.142. The summed E-state index contributed by atoms with van der Waals surface area (Å²) in [7, 11) is 0. The van der Waals surface area contributed by atoms with Gasteiger partial charge in [0.15, 0.2) is 0 Å². The number of hydrogen-bond donors (Lipinski definition) is 1. The van der Waals surface area contributed by atoms with Crippen molar-refractivity contribution in [2.75, 3.05) is 13.1 Å². The zero-order chi connectivity index (χ0) is 12.6. The molecular formula is C13H21NO3. The van der Waals surface area contributed by atoms with Gasteiger partial charge in [0.1, 0.15) is 0 Å². The van der Waals surface area contributed by atoms with Gasteiger partial charge in [0.25, 0.3) is 0 Å². The molecule has 1 heterocycles. The van der Waals surface area contributed by atoms with Crippen LogP contribution in [0.1, 0.15) is 39.5 Å². The van der Waals surface area contributed by atoms with Crippen LogP contribution < -0.4 is 0 Å². The van der Waals surface area contributed by atoms with E-state index >= 15 is 0 Å². The second kappa shape index (κ2) is 4.31. The van der Waals surface area contributed by atoms with Crippen molar-refractivity contribution in [3.63, 3.8) is 0 Å².